The number of H-pyrrole nitrogens is 1. The van der Waals surface area contributed by atoms with Gasteiger partial charge in [-0.25, -0.2) is 9.78 Å². The second-order valence-electron chi connectivity index (χ2n) is 5.00. The topological polar surface area (TPSA) is 148 Å². The number of hydrogen-bond donors (Lipinski definition) is 4. The molecule has 3 rings (SSSR count). The number of methoxy groups -OCH3 is 1. The second kappa shape index (κ2) is 6.83. The largest absolute Gasteiger partial charge is 0.465 e. The Bertz CT molecular complexity index is 921. The van der Waals surface area contributed by atoms with Crippen molar-refractivity contribution in [1.82, 2.24) is 19.9 Å². The third kappa shape index (κ3) is 3.63. The van der Waals surface area contributed by atoms with Crippen LogP contribution < -0.4 is 16.4 Å². The molecule has 10 nitrogen and oxygen atoms in total. The van der Waals surface area contributed by atoms with Gasteiger partial charge in [-0.1, -0.05) is 0 Å². The number of carbonyl (C=O) groups is 2. The Labute approximate surface area is 141 Å². The van der Waals surface area contributed by atoms with Crippen LogP contribution in [0.5, 0.6) is 0 Å². The summed E-state index contributed by atoms with van der Waals surface area (Å²) in [5, 5.41) is 5.58. The van der Waals surface area contributed by atoms with Crippen molar-refractivity contribution in [1.29, 1.82) is 0 Å². The van der Waals surface area contributed by atoms with E-state index in [4.69, 9.17) is 5.73 Å². The summed E-state index contributed by atoms with van der Waals surface area (Å²) in [4.78, 5) is 38.3. The van der Waals surface area contributed by atoms with Crippen molar-refractivity contribution >= 4 is 40.5 Å². The summed E-state index contributed by atoms with van der Waals surface area (Å²) < 4.78 is 4.62. The van der Waals surface area contributed by atoms with Crippen molar-refractivity contribution in [3.8, 4) is 0 Å². The number of benzene rings is 1. The minimum Gasteiger partial charge on any atom is -0.465 e. The number of nitrogens with zero attached hydrogens (tertiary/aromatic N) is 3. The summed E-state index contributed by atoms with van der Waals surface area (Å²) in [5.41, 5.74) is 7.53. The number of nitrogens with two attached hydrogens (primary N) is 1. The molecule has 25 heavy (non-hydrogen) atoms. The van der Waals surface area contributed by atoms with Gasteiger partial charge in [-0.3, -0.25) is 4.79 Å². The van der Waals surface area contributed by atoms with Crippen LogP contribution in [-0.2, 0) is 9.53 Å². The highest BCUT2D eigenvalue weighted by molar-refractivity contribution is 5.96. The van der Waals surface area contributed by atoms with E-state index in [1.165, 1.54) is 13.4 Å². The van der Waals surface area contributed by atoms with Gasteiger partial charge in [0.15, 0.2) is 11.5 Å². The summed E-state index contributed by atoms with van der Waals surface area (Å²) >= 11 is 0. The van der Waals surface area contributed by atoms with Crippen LogP contribution in [0.15, 0.2) is 30.6 Å². The van der Waals surface area contributed by atoms with Crippen LogP contribution in [0.3, 0.4) is 0 Å². The fourth-order valence-electron chi connectivity index (χ4n) is 2.15. The minimum absolute atomic E-state index is 0.0384. The van der Waals surface area contributed by atoms with E-state index in [1.54, 1.807) is 24.3 Å². The van der Waals surface area contributed by atoms with E-state index >= 15 is 0 Å². The van der Waals surface area contributed by atoms with Gasteiger partial charge in [0, 0.05) is 5.69 Å². The molecule has 0 radical (unpaired) electrons. The Morgan fingerprint density at radius 3 is 2.72 bits per heavy atom. The first kappa shape index (κ1) is 16.2. The first-order valence-electron chi connectivity index (χ1n) is 7.25. The first-order valence-corrected chi connectivity index (χ1v) is 7.25. The van der Waals surface area contributed by atoms with Gasteiger partial charge < -0.3 is 26.1 Å². The van der Waals surface area contributed by atoms with Gasteiger partial charge in [0.25, 0.3) is 0 Å². The molecule has 0 saturated heterocycles. The van der Waals surface area contributed by atoms with Gasteiger partial charge in [-0.15, -0.1) is 0 Å². The van der Waals surface area contributed by atoms with E-state index in [9.17, 15) is 9.59 Å². The average Bonchev–Trinajstić information content (AvgIpc) is 3.08. The standard InChI is InChI=1S/C15H15N7O3/c1-25-14(24)8-2-4-9(5-3-8)20-10(23)6-17-12-11-13(19-7-18-11)22-15(16)21-12/h2-5,7H,6H2,1H3,(H,20,23)(H4,16,17,18,19,21,22). The van der Waals surface area contributed by atoms with E-state index in [2.05, 4.69) is 35.3 Å². The van der Waals surface area contributed by atoms with Gasteiger partial charge in [-0.05, 0) is 24.3 Å². The highest BCUT2D eigenvalue weighted by atomic mass is 16.5. The van der Waals surface area contributed by atoms with Gasteiger partial charge in [0.2, 0.25) is 11.9 Å². The number of esters is 1. The SMILES string of the molecule is COC(=O)c1ccc(NC(=O)CNc2nc(N)nc3nc[nH]c23)cc1. The average molecular weight is 341 g/mol. The van der Waals surface area contributed by atoms with E-state index in [0.717, 1.165) is 0 Å². The lowest BCUT2D eigenvalue weighted by Crippen LogP contribution is -2.22. The molecule has 128 valence electrons. The number of carbonyl (C=O) groups excluding carboxylic acids is 2. The van der Waals surface area contributed by atoms with Gasteiger partial charge in [-0.2, -0.15) is 9.97 Å². The lowest BCUT2D eigenvalue weighted by molar-refractivity contribution is -0.114. The number of anilines is 3. The number of rotatable bonds is 5. The molecule has 0 spiro atoms. The summed E-state index contributed by atoms with van der Waals surface area (Å²) in [5.74, 6) is -0.294. The quantitative estimate of drug-likeness (QED) is 0.497. The number of aromatic amines is 1. The number of fused-ring (bicyclic) bond motifs is 1. The van der Waals surface area contributed by atoms with Gasteiger partial charge in [0.05, 0.1) is 25.5 Å². The second-order valence-corrected chi connectivity index (χ2v) is 5.00. The number of nitrogens with one attached hydrogen (secondary N) is 3. The zero-order valence-corrected chi connectivity index (χ0v) is 13.2. The zero-order chi connectivity index (χ0) is 17.8. The summed E-state index contributed by atoms with van der Waals surface area (Å²) in [6.07, 6.45) is 1.47. The Morgan fingerprint density at radius 2 is 2.00 bits per heavy atom. The number of imidazole rings is 1. The van der Waals surface area contributed by atoms with Gasteiger partial charge in [0.1, 0.15) is 5.52 Å². The number of nitrogen functional groups attached to an aromatic ring is 1. The Balaban J connectivity index is 1.62. The first-order chi connectivity index (χ1) is 12.1. The highest BCUT2D eigenvalue weighted by Crippen LogP contribution is 2.17. The Hall–Kier alpha value is -3.69. The zero-order valence-electron chi connectivity index (χ0n) is 13.2. The lowest BCUT2D eigenvalue weighted by atomic mass is 10.2. The van der Waals surface area contributed by atoms with Crippen molar-refractivity contribution in [3.63, 3.8) is 0 Å². The van der Waals surface area contributed by atoms with Crippen molar-refractivity contribution in [2.75, 3.05) is 30.0 Å². The summed E-state index contributed by atoms with van der Waals surface area (Å²) in [7, 11) is 1.31. The van der Waals surface area contributed by atoms with Gasteiger partial charge >= 0.3 is 5.97 Å². The summed E-state index contributed by atoms with van der Waals surface area (Å²) in [6, 6.07) is 6.35. The molecule has 10 heteroatoms. The molecule has 3 aromatic rings. The lowest BCUT2D eigenvalue weighted by Gasteiger charge is -2.08. The molecule has 2 heterocycles. The molecule has 2 aromatic heterocycles. The summed E-state index contributed by atoms with van der Waals surface area (Å²) in [6.45, 7) is -0.0384. The predicted octanol–water partition coefficient (Wildman–Crippen LogP) is 0.772. The molecular weight excluding hydrogens is 326 g/mol. The molecule has 0 atom stereocenters. The molecule has 0 aliphatic carbocycles. The maximum atomic E-state index is 12.1. The molecule has 0 aliphatic heterocycles. The molecule has 1 amide bonds. The Morgan fingerprint density at radius 1 is 1.24 bits per heavy atom. The van der Waals surface area contributed by atoms with Crippen LogP contribution in [0.4, 0.5) is 17.5 Å². The van der Waals surface area contributed by atoms with E-state index < -0.39 is 5.97 Å². The monoisotopic (exact) mass is 341 g/mol. The maximum absolute atomic E-state index is 12.1. The van der Waals surface area contributed by atoms with Crippen molar-refractivity contribution in [2.45, 2.75) is 0 Å². The fraction of sp³-hybridized carbons (Fsp3) is 0.133. The van der Waals surface area contributed by atoms with Crippen LogP contribution in [0, 0.1) is 0 Å². The number of aromatic nitrogens is 4. The van der Waals surface area contributed by atoms with E-state index in [-0.39, 0.29) is 18.4 Å². The third-order valence-corrected chi connectivity index (χ3v) is 3.31. The number of amides is 1. The molecule has 0 fully saturated rings. The fourth-order valence-corrected chi connectivity index (χ4v) is 2.15. The number of ether oxygens (including phenoxy) is 1. The van der Waals surface area contributed by atoms with Crippen molar-refractivity contribution in [2.24, 2.45) is 0 Å². The molecule has 0 unspecified atom stereocenters. The maximum Gasteiger partial charge on any atom is 0.337 e. The van der Waals surface area contributed by atoms with Crippen LogP contribution in [0.1, 0.15) is 10.4 Å². The van der Waals surface area contributed by atoms with E-state index in [0.29, 0.717) is 28.2 Å². The van der Waals surface area contributed by atoms with E-state index in [1.807, 2.05) is 0 Å². The Kier molecular flexibility index (Phi) is 4.42. The third-order valence-electron chi connectivity index (χ3n) is 3.31. The highest BCUT2D eigenvalue weighted by Gasteiger charge is 2.10. The molecule has 0 saturated carbocycles. The smallest absolute Gasteiger partial charge is 0.337 e. The molecule has 0 aliphatic rings. The predicted molar refractivity (Wildman–Crippen MR) is 91.0 cm³/mol. The van der Waals surface area contributed by atoms with Crippen LogP contribution in [-0.4, -0.2) is 45.5 Å². The van der Waals surface area contributed by atoms with Crippen molar-refractivity contribution < 1.29 is 14.3 Å². The molecule has 1 aromatic carbocycles. The normalized spacial score (nSPS) is 10.4. The van der Waals surface area contributed by atoms with Crippen LogP contribution in [0.25, 0.3) is 11.2 Å². The molecular formula is C15H15N7O3. The van der Waals surface area contributed by atoms with Crippen LogP contribution in [0.2, 0.25) is 0 Å². The minimum atomic E-state index is -0.440. The molecule has 5 N–H and O–H groups in total. The molecule has 0 bridgehead atoms. The van der Waals surface area contributed by atoms with Crippen molar-refractivity contribution in [3.05, 3.63) is 36.2 Å². The number of hydrogen-bond acceptors (Lipinski definition) is 8. The van der Waals surface area contributed by atoms with Crippen LogP contribution >= 0.6 is 0 Å².